The van der Waals surface area contributed by atoms with Gasteiger partial charge in [-0.15, -0.1) is 11.8 Å². The molecule has 4 nitrogen and oxygen atoms in total. The number of nitrogens with one attached hydrogen (secondary N) is 1. The molecule has 1 saturated heterocycles. The molecule has 0 aromatic heterocycles. The lowest BCUT2D eigenvalue weighted by Crippen LogP contribution is -2.27. The third-order valence-corrected chi connectivity index (χ3v) is 6.75. The maximum atomic E-state index is 13.0. The molecule has 0 bridgehead atoms. The van der Waals surface area contributed by atoms with Crippen LogP contribution in [0.3, 0.4) is 0 Å². The molecule has 0 radical (unpaired) electrons. The molecule has 33 heavy (non-hydrogen) atoms. The first-order valence-corrected chi connectivity index (χ1v) is 11.4. The Morgan fingerprint density at radius 2 is 1.76 bits per heavy atom. The number of carbonyl (C=O) groups is 2. The number of anilines is 1. The van der Waals surface area contributed by atoms with E-state index in [0.29, 0.717) is 12.3 Å². The van der Waals surface area contributed by atoms with Gasteiger partial charge < -0.3 is 10.2 Å². The minimum atomic E-state index is -4.55. The monoisotopic (exact) mass is 490 g/mol. The summed E-state index contributed by atoms with van der Waals surface area (Å²) in [7, 11) is 0. The molecular weight excluding hydrogens is 473 g/mol. The second-order valence-electron chi connectivity index (χ2n) is 7.44. The van der Waals surface area contributed by atoms with Crippen LogP contribution in [0.5, 0.6) is 0 Å². The zero-order chi connectivity index (χ0) is 23.6. The summed E-state index contributed by atoms with van der Waals surface area (Å²) in [4.78, 5) is 26.8. The number of hydrogen-bond acceptors (Lipinski definition) is 3. The van der Waals surface area contributed by atoms with Gasteiger partial charge in [-0.1, -0.05) is 54.1 Å². The summed E-state index contributed by atoms with van der Waals surface area (Å²) in [6.07, 6.45) is -4.55. The molecule has 1 heterocycles. The highest BCUT2D eigenvalue weighted by molar-refractivity contribution is 8.00. The molecule has 4 rings (SSSR count). The molecule has 0 saturated carbocycles. The van der Waals surface area contributed by atoms with Gasteiger partial charge in [-0.25, -0.2) is 0 Å². The zero-order valence-electron chi connectivity index (χ0n) is 17.1. The number of nitrogens with zero attached hydrogens (tertiary/aromatic N) is 1. The SMILES string of the molecule is O=C(Nc1cc(C(F)(F)F)ccc1Cl)c1ccc([C@H]2SCC(=O)N2Cc2ccccc2)cc1. The highest BCUT2D eigenvalue weighted by Crippen LogP contribution is 2.39. The number of benzene rings is 3. The average Bonchev–Trinajstić information content (AvgIpc) is 3.15. The van der Waals surface area contributed by atoms with E-state index in [2.05, 4.69) is 5.32 Å². The molecular formula is C24H18ClF3N2O2S. The van der Waals surface area contributed by atoms with E-state index in [1.807, 2.05) is 30.3 Å². The maximum absolute atomic E-state index is 13.0. The Balaban J connectivity index is 1.49. The molecule has 0 spiro atoms. The summed E-state index contributed by atoms with van der Waals surface area (Å²) in [5.74, 6) is -0.178. The van der Waals surface area contributed by atoms with Gasteiger partial charge in [0, 0.05) is 12.1 Å². The summed E-state index contributed by atoms with van der Waals surface area (Å²) in [5.41, 5.74) is 1.12. The van der Waals surface area contributed by atoms with Gasteiger partial charge in [0.25, 0.3) is 5.91 Å². The molecule has 3 aromatic carbocycles. The van der Waals surface area contributed by atoms with Crippen molar-refractivity contribution in [1.82, 2.24) is 4.90 Å². The summed E-state index contributed by atoms with van der Waals surface area (Å²) in [6.45, 7) is 0.480. The van der Waals surface area contributed by atoms with E-state index in [0.717, 1.165) is 29.3 Å². The van der Waals surface area contributed by atoms with Gasteiger partial charge in [0.1, 0.15) is 5.37 Å². The Kier molecular flexibility index (Phi) is 6.67. The van der Waals surface area contributed by atoms with E-state index in [-0.39, 0.29) is 27.6 Å². The standard InChI is InChI=1S/C24H18ClF3N2O2S/c25-19-11-10-18(24(26,27)28)12-20(19)29-22(32)16-6-8-17(9-7-16)23-30(21(31)14-33-23)13-15-4-2-1-3-5-15/h1-12,23H,13-14H2,(H,29,32)/t23-/m1/s1. The number of carbonyl (C=O) groups excluding carboxylic acids is 2. The number of halogens is 4. The molecule has 1 N–H and O–H groups in total. The molecule has 2 amide bonds. The largest absolute Gasteiger partial charge is 0.416 e. The van der Waals surface area contributed by atoms with Gasteiger partial charge in [0.15, 0.2) is 0 Å². The number of hydrogen-bond donors (Lipinski definition) is 1. The number of thioether (sulfide) groups is 1. The normalized spacial score (nSPS) is 16.2. The topological polar surface area (TPSA) is 49.4 Å². The summed E-state index contributed by atoms with van der Waals surface area (Å²) in [5, 5.41) is 2.25. The van der Waals surface area contributed by atoms with Crippen molar-refractivity contribution in [3.05, 3.63) is 100 Å². The van der Waals surface area contributed by atoms with E-state index in [1.165, 1.54) is 11.8 Å². The average molecular weight is 491 g/mol. The Morgan fingerprint density at radius 1 is 1.06 bits per heavy atom. The van der Waals surface area contributed by atoms with Crippen LogP contribution in [-0.2, 0) is 17.5 Å². The Labute approximate surface area is 197 Å². The van der Waals surface area contributed by atoms with Crippen molar-refractivity contribution < 1.29 is 22.8 Å². The van der Waals surface area contributed by atoms with E-state index in [4.69, 9.17) is 11.6 Å². The first-order valence-electron chi connectivity index (χ1n) is 9.95. The van der Waals surface area contributed by atoms with Crippen molar-refractivity contribution in [3.63, 3.8) is 0 Å². The van der Waals surface area contributed by atoms with Crippen molar-refractivity contribution in [2.45, 2.75) is 18.1 Å². The van der Waals surface area contributed by atoms with Gasteiger partial charge in [-0.3, -0.25) is 9.59 Å². The van der Waals surface area contributed by atoms with Crippen molar-refractivity contribution in [3.8, 4) is 0 Å². The van der Waals surface area contributed by atoms with E-state index < -0.39 is 17.6 Å². The third kappa shape index (κ3) is 5.34. The van der Waals surface area contributed by atoms with E-state index in [9.17, 15) is 22.8 Å². The third-order valence-electron chi connectivity index (χ3n) is 5.16. The van der Waals surface area contributed by atoms with Gasteiger partial charge >= 0.3 is 6.18 Å². The number of rotatable bonds is 5. The van der Waals surface area contributed by atoms with Crippen molar-refractivity contribution in [2.75, 3.05) is 11.1 Å². The first kappa shape index (κ1) is 23.2. The van der Waals surface area contributed by atoms with Crippen LogP contribution >= 0.6 is 23.4 Å². The molecule has 1 atom stereocenters. The van der Waals surface area contributed by atoms with Crippen LogP contribution in [0.15, 0.2) is 72.8 Å². The van der Waals surface area contributed by atoms with Crippen molar-refractivity contribution in [1.29, 1.82) is 0 Å². The Morgan fingerprint density at radius 3 is 2.42 bits per heavy atom. The van der Waals surface area contributed by atoms with Gasteiger partial charge in [0.05, 0.1) is 22.0 Å². The minimum Gasteiger partial charge on any atom is -0.322 e. The van der Waals surface area contributed by atoms with Crippen LogP contribution in [0.2, 0.25) is 5.02 Å². The predicted octanol–water partition coefficient (Wildman–Crippen LogP) is 6.39. The van der Waals surface area contributed by atoms with Crippen LogP contribution in [0.4, 0.5) is 18.9 Å². The molecule has 3 aromatic rings. The second kappa shape index (κ2) is 9.49. The maximum Gasteiger partial charge on any atom is 0.416 e. The highest BCUT2D eigenvalue weighted by Gasteiger charge is 2.33. The second-order valence-corrected chi connectivity index (χ2v) is 8.91. The van der Waals surface area contributed by atoms with Crippen LogP contribution in [-0.4, -0.2) is 22.5 Å². The minimum absolute atomic E-state index is 0.00499. The number of alkyl halides is 3. The smallest absolute Gasteiger partial charge is 0.322 e. The quantitative estimate of drug-likeness (QED) is 0.451. The van der Waals surface area contributed by atoms with Crippen LogP contribution in [0.25, 0.3) is 0 Å². The summed E-state index contributed by atoms with van der Waals surface area (Å²) < 4.78 is 38.9. The van der Waals surface area contributed by atoms with E-state index >= 15 is 0 Å². The Bertz CT molecular complexity index is 1170. The molecule has 1 aliphatic rings. The van der Waals surface area contributed by atoms with Crippen molar-refractivity contribution in [2.24, 2.45) is 0 Å². The molecule has 1 aliphatic heterocycles. The molecule has 0 aliphatic carbocycles. The molecule has 1 fully saturated rings. The Hall–Kier alpha value is -2.97. The summed E-state index contributed by atoms with van der Waals surface area (Å²) in [6, 6.07) is 19.1. The zero-order valence-corrected chi connectivity index (χ0v) is 18.7. The van der Waals surface area contributed by atoms with Gasteiger partial charge in [0.2, 0.25) is 5.91 Å². The van der Waals surface area contributed by atoms with Gasteiger partial charge in [-0.2, -0.15) is 13.2 Å². The van der Waals surface area contributed by atoms with Crippen LogP contribution in [0, 0.1) is 0 Å². The fourth-order valence-electron chi connectivity index (χ4n) is 3.47. The molecule has 170 valence electrons. The lowest BCUT2D eigenvalue weighted by atomic mass is 10.1. The fourth-order valence-corrected chi connectivity index (χ4v) is 4.82. The van der Waals surface area contributed by atoms with E-state index in [1.54, 1.807) is 29.2 Å². The van der Waals surface area contributed by atoms with Crippen LogP contribution in [0.1, 0.15) is 32.4 Å². The molecule has 0 unspecified atom stereocenters. The highest BCUT2D eigenvalue weighted by atomic mass is 35.5. The first-order chi connectivity index (χ1) is 15.7. The van der Waals surface area contributed by atoms with Crippen molar-refractivity contribution >= 4 is 40.9 Å². The van der Waals surface area contributed by atoms with Gasteiger partial charge in [-0.05, 0) is 41.5 Å². The summed E-state index contributed by atoms with van der Waals surface area (Å²) >= 11 is 7.47. The van der Waals surface area contributed by atoms with Crippen LogP contribution < -0.4 is 5.32 Å². The fraction of sp³-hybridized carbons (Fsp3) is 0.167. The number of amides is 2. The predicted molar refractivity (Wildman–Crippen MR) is 123 cm³/mol. The lowest BCUT2D eigenvalue weighted by molar-refractivity contribution is -0.137. The lowest BCUT2D eigenvalue weighted by Gasteiger charge is -2.24. The molecule has 9 heteroatoms.